The first-order valence-electron chi connectivity index (χ1n) is 7.65. The second-order valence-electron chi connectivity index (χ2n) is 5.48. The van der Waals surface area contributed by atoms with Gasteiger partial charge in [-0.25, -0.2) is 9.97 Å². The molecule has 5 heteroatoms. The van der Waals surface area contributed by atoms with Gasteiger partial charge in [-0.2, -0.15) is 0 Å². The largest absolute Gasteiger partial charge is 0.340 e. The maximum absolute atomic E-state index is 12.3. The number of aromatic nitrogens is 2. The predicted octanol–water partition coefficient (Wildman–Crippen LogP) is 4.09. The van der Waals surface area contributed by atoms with Crippen LogP contribution in [0.5, 0.6) is 0 Å². The van der Waals surface area contributed by atoms with Crippen LogP contribution >= 0.6 is 0 Å². The van der Waals surface area contributed by atoms with Crippen molar-refractivity contribution in [2.75, 3.05) is 10.6 Å². The van der Waals surface area contributed by atoms with Gasteiger partial charge in [0.2, 0.25) is 0 Å². The van der Waals surface area contributed by atoms with Crippen LogP contribution in [0, 0.1) is 13.8 Å². The van der Waals surface area contributed by atoms with Crippen molar-refractivity contribution in [3.63, 3.8) is 0 Å². The summed E-state index contributed by atoms with van der Waals surface area (Å²) in [6, 6.07) is 16.9. The molecule has 24 heavy (non-hydrogen) atoms. The van der Waals surface area contributed by atoms with Gasteiger partial charge in [0.25, 0.3) is 5.91 Å². The van der Waals surface area contributed by atoms with E-state index in [4.69, 9.17) is 0 Å². The lowest BCUT2D eigenvalue weighted by molar-refractivity contribution is 0.102. The van der Waals surface area contributed by atoms with Crippen LogP contribution in [-0.2, 0) is 0 Å². The molecule has 0 spiro atoms. The number of aryl methyl sites for hydroxylation is 1. The number of benzene rings is 2. The zero-order valence-electron chi connectivity index (χ0n) is 13.6. The molecule has 2 N–H and O–H groups in total. The van der Waals surface area contributed by atoms with Crippen LogP contribution in [0.1, 0.15) is 21.6 Å². The van der Waals surface area contributed by atoms with Gasteiger partial charge in [-0.05, 0) is 43.2 Å². The van der Waals surface area contributed by atoms with Crippen LogP contribution in [0.4, 0.5) is 17.2 Å². The lowest BCUT2D eigenvalue weighted by Crippen LogP contribution is -2.14. The second kappa shape index (κ2) is 6.91. The fourth-order valence-corrected chi connectivity index (χ4v) is 2.29. The number of nitrogens with one attached hydrogen (secondary N) is 2. The lowest BCUT2D eigenvalue weighted by atomic mass is 10.1. The maximum atomic E-state index is 12.3. The summed E-state index contributed by atoms with van der Waals surface area (Å²) in [6.45, 7) is 4.10. The van der Waals surface area contributed by atoms with E-state index in [1.807, 2.05) is 49.4 Å². The molecule has 3 aromatic rings. The highest BCUT2D eigenvalue weighted by molar-refractivity contribution is 6.03. The molecule has 1 heterocycles. The molecule has 0 radical (unpaired) electrons. The molecule has 0 unspecified atom stereocenters. The number of para-hydroxylation sites is 1. The number of hydrogen-bond donors (Lipinski definition) is 2. The molecule has 0 fully saturated rings. The fourth-order valence-electron chi connectivity index (χ4n) is 2.29. The van der Waals surface area contributed by atoms with Crippen LogP contribution in [0.3, 0.4) is 0 Å². The quantitative estimate of drug-likeness (QED) is 0.760. The normalized spacial score (nSPS) is 10.2. The zero-order chi connectivity index (χ0) is 16.9. The van der Waals surface area contributed by atoms with Crippen molar-refractivity contribution in [2.45, 2.75) is 13.8 Å². The number of anilines is 3. The molecule has 0 atom stereocenters. The molecule has 0 aliphatic heterocycles. The van der Waals surface area contributed by atoms with E-state index in [1.54, 1.807) is 6.07 Å². The van der Waals surface area contributed by atoms with Crippen molar-refractivity contribution in [1.29, 1.82) is 0 Å². The first-order chi connectivity index (χ1) is 11.6. The number of rotatable bonds is 4. The topological polar surface area (TPSA) is 66.9 Å². The van der Waals surface area contributed by atoms with E-state index in [0.29, 0.717) is 11.5 Å². The highest BCUT2D eigenvalue weighted by atomic mass is 16.1. The smallest absolute Gasteiger partial charge is 0.274 e. The number of nitrogens with zero attached hydrogens (tertiary/aromatic N) is 2. The average molecular weight is 318 g/mol. The van der Waals surface area contributed by atoms with Gasteiger partial charge >= 0.3 is 0 Å². The molecule has 5 nitrogen and oxygen atoms in total. The Labute approximate surface area is 140 Å². The monoisotopic (exact) mass is 318 g/mol. The minimum Gasteiger partial charge on any atom is -0.340 e. The molecule has 0 aliphatic rings. The first-order valence-corrected chi connectivity index (χ1v) is 7.65. The van der Waals surface area contributed by atoms with Gasteiger partial charge < -0.3 is 10.6 Å². The van der Waals surface area contributed by atoms with Gasteiger partial charge in [0.05, 0.1) is 0 Å². The lowest BCUT2D eigenvalue weighted by Gasteiger charge is -2.11. The summed E-state index contributed by atoms with van der Waals surface area (Å²) >= 11 is 0. The van der Waals surface area contributed by atoms with Gasteiger partial charge in [0.15, 0.2) is 0 Å². The summed E-state index contributed by atoms with van der Waals surface area (Å²) < 4.78 is 0. The van der Waals surface area contributed by atoms with Crippen LogP contribution in [0.2, 0.25) is 0 Å². The van der Waals surface area contributed by atoms with Gasteiger partial charge in [0.1, 0.15) is 17.8 Å². The Morgan fingerprint density at radius 1 is 0.958 bits per heavy atom. The first kappa shape index (κ1) is 15.7. The molecule has 0 aliphatic carbocycles. The van der Waals surface area contributed by atoms with E-state index in [0.717, 1.165) is 16.9 Å². The third-order valence-electron chi connectivity index (χ3n) is 3.80. The zero-order valence-corrected chi connectivity index (χ0v) is 13.6. The molecule has 3 rings (SSSR count). The Morgan fingerprint density at radius 3 is 2.54 bits per heavy atom. The van der Waals surface area contributed by atoms with E-state index in [-0.39, 0.29) is 5.91 Å². The van der Waals surface area contributed by atoms with Crippen molar-refractivity contribution in [3.8, 4) is 0 Å². The van der Waals surface area contributed by atoms with E-state index >= 15 is 0 Å². The number of carbonyl (C=O) groups excluding carboxylic acids is 1. The highest BCUT2D eigenvalue weighted by Gasteiger charge is 2.10. The van der Waals surface area contributed by atoms with E-state index < -0.39 is 0 Å². The fraction of sp³-hybridized carbons (Fsp3) is 0.105. The Hall–Kier alpha value is -3.21. The standard InChI is InChI=1S/C19H18N4O/c1-13-7-6-10-16(14(13)2)23-18-11-17(20-12-21-18)19(24)22-15-8-4-3-5-9-15/h3-12H,1-2H3,(H,22,24)(H,20,21,23). The number of carbonyl (C=O) groups is 1. The van der Waals surface area contributed by atoms with Crippen LogP contribution in [0.15, 0.2) is 60.9 Å². The summed E-state index contributed by atoms with van der Waals surface area (Å²) in [5.41, 5.74) is 4.33. The van der Waals surface area contributed by atoms with Crippen molar-refractivity contribution >= 4 is 23.1 Å². The Balaban J connectivity index is 1.79. The van der Waals surface area contributed by atoms with Crippen molar-refractivity contribution < 1.29 is 4.79 Å². The Kier molecular flexibility index (Phi) is 4.52. The minimum atomic E-state index is -0.271. The molecule has 2 aromatic carbocycles. The van der Waals surface area contributed by atoms with Crippen molar-refractivity contribution in [1.82, 2.24) is 9.97 Å². The summed E-state index contributed by atoms with van der Waals surface area (Å²) in [5, 5.41) is 6.05. The average Bonchev–Trinajstić information content (AvgIpc) is 2.60. The van der Waals surface area contributed by atoms with Crippen LogP contribution < -0.4 is 10.6 Å². The van der Waals surface area contributed by atoms with Crippen LogP contribution in [-0.4, -0.2) is 15.9 Å². The van der Waals surface area contributed by atoms with Gasteiger partial charge in [0, 0.05) is 17.4 Å². The molecule has 120 valence electrons. The summed E-state index contributed by atoms with van der Waals surface area (Å²) in [4.78, 5) is 20.6. The molecule has 1 amide bonds. The predicted molar refractivity (Wildman–Crippen MR) is 95.6 cm³/mol. The molecule has 1 aromatic heterocycles. The summed E-state index contributed by atoms with van der Waals surface area (Å²) in [7, 11) is 0. The summed E-state index contributed by atoms with van der Waals surface area (Å²) in [6.07, 6.45) is 1.38. The SMILES string of the molecule is Cc1cccc(Nc2cc(C(=O)Nc3ccccc3)ncn2)c1C. The Morgan fingerprint density at radius 2 is 1.75 bits per heavy atom. The van der Waals surface area contributed by atoms with E-state index in [2.05, 4.69) is 33.6 Å². The van der Waals surface area contributed by atoms with Crippen molar-refractivity contribution in [3.05, 3.63) is 77.7 Å². The van der Waals surface area contributed by atoms with Crippen LogP contribution in [0.25, 0.3) is 0 Å². The van der Waals surface area contributed by atoms with E-state index in [1.165, 1.54) is 11.9 Å². The summed E-state index contributed by atoms with van der Waals surface area (Å²) in [5.74, 6) is 0.310. The maximum Gasteiger partial charge on any atom is 0.274 e. The Bertz CT molecular complexity index is 862. The number of hydrogen-bond acceptors (Lipinski definition) is 4. The highest BCUT2D eigenvalue weighted by Crippen LogP contribution is 2.21. The molecular formula is C19H18N4O. The van der Waals surface area contributed by atoms with Crippen molar-refractivity contribution in [2.24, 2.45) is 0 Å². The molecule has 0 saturated carbocycles. The van der Waals surface area contributed by atoms with Gasteiger partial charge in [-0.15, -0.1) is 0 Å². The number of amides is 1. The van der Waals surface area contributed by atoms with Gasteiger partial charge in [-0.3, -0.25) is 4.79 Å². The third-order valence-corrected chi connectivity index (χ3v) is 3.80. The molecule has 0 saturated heterocycles. The minimum absolute atomic E-state index is 0.271. The van der Waals surface area contributed by atoms with E-state index in [9.17, 15) is 4.79 Å². The second-order valence-corrected chi connectivity index (χ2v) is 5.48. The molecule has 0 bridgehead atoms. The van der Waals surface area contributed by atoms with Gasteiger partial charge in [-0.1, -0.05) is 30.3 Å². The third kappa shape index (κ3) is 3.57. The molecular weight excluding hydrogens is 300 g/mol.